The second-order valence-electron chi connectivity index (χ2n) is 10.4. The minimum Gasteiger partial charge on any atom is -0.493 e. The lowest BCUT2D eigenvalue weighted by atomic mass is 10.0. The second kappa shape index (κ2) is 13.6. The van der Waals surface area contributed by atoms with Gasteiger partial charge in [-0.05, 0) is 49.2 Å². The van der Waals surface area contributed by atoms with Gasteiger partial charge < -0.3 is 29.0 Å². The Balaban J connectivity index is 1.46. The SMILES string of the molecule is COCC(=O)N1CCN(Cc2ccc(OC)c(OCCn3cc(C)cn3)c2)CC(O)(COc2ccc(C)cc2)C1. The van der Waals surface area contributed by atoms with Crippen molar-refractivity contribution in [3.63, 3.8) is 0 Å². The highest BCUT2D eigenvalue weighted by atomic mass is 16.5. The number of ether oxygens (including phenoxy) is 4. The fraction of sp³-hybridized carbons (Fsp3) is 0.467. The van der Waals surface area contributed by atoms with Gasteiger partial charge in [0.25, 0.3) is 0 Å². The van der Waals surface area contributed by atoms with Crippen molar-refractivity contribution in [3.05, 3.63) is 71.5 Å². The monoisotopic (exact) mass is 552 g/mol. The van der Waals surface area contributed by atoms with Gasteiger partial charge in [0.15, 0.2) is 11.5 Å². The van der Waals surface area contributed by atoms with Crippen molar-refractivity contribution in [1.29, 1.82) is 0 Å². The molecule has 1 aliphatic heterocycles. The summed E-state index contributed by atoms with van der Waals surface area (Å²) >= 11 is 0. The summed E-state index contributed by atoms with van der Waals surface area (Å²) in [5.74, 6) is 1.81. The summed E-state index contributed by atoms with van der Waals surface area (Å²) < 4.78 is 24.5. The van der Waals surface area contributed by atoms with E-state index in [9.17, 15) is 9.90 Å². The van der Waals surface area contributed by atoms with Crippen molar-refractivity contribution >= 4 is 5.91 Å². The van der Waals surface area contributed by atoms with Gasteiger partial charge in [-0.25, -0.2) is 0 Å². The molecular weight excluding hydrogens is 512 g/mol. The third-order valence-corrected chi connectivity index (χ3v) is 6.81. The van der Waals surface area contributed by atoms with Gasteiger partial charge in [0.1, 0.15) is 31.2 Å². The minimum atomic E-state index is -1.28. The van der Waals surface area contributed by atoms with Crippen molar-refractivity contribution < 1.29 is 28.8 Å². The number of aromatic nitrogens is 2. The number of nitrogens with zero attached hydrogens (tertiary/aromatic N) is 4. The Bertz CT molecular complexity index is 1250. The largest absolute Gasteiger partial charge is 0.493 e. The lowest BCUT2D eigenvalue weighted by molar-refractivity contribution is -0.138. The molecule has 1 amide bonds. The highest BCUT2D eigenvalue weighted by Crippen LogP contribution is 2.29. The zero-order valence-corrected chi connectivity index (χ0v) is 23.8. The van der Waals surface area contributed by atoms with Crippen molar-refractivity contribution in [2.24, 2.45) is 0 Å². The summed E-state index contributed by atoms with van der Waals surface area (Å²) in [4.78, 5) is 16.5. The summed E-state index contributed by atoms with van der Waals surface area (Å²) in [5, 5.41) is 16.0. The first-order chi connectivity index (χ1) is 19.3. The molecule has 1 unspecified atom stereocenters. The molecule has 1 saturated heterocycles. The summed E-state index contributed by atoms with van der Waals surface area (Å²) in [6.45, 7) is 7.18. The Morgan fingerprint density at radius 1 is 1.00 bits per heavy atom. The standard InChI is InChI=1S/C30H40N4O6/c1-23-5-8-26(9-6-23)40-22-30(36)20-32(11-12-33(21-30)29(35)19-37-3)18-25-7-10-27(38-4)28(15-25)39-14-13-34-17-24(2)16-31-34/h5-10,15-17,36H,11-14,18-22H2,1-4H3. The number of rotatable bonds is 12. The number of aryl methyl sites for hydroxylation is 2. The molecular formula is C30H40N4O6. The molecule has 40 heavy (non-hydrogen) atoms. The van der Waals surface area contributed by atoms with E-state index in [1.807, 2.05) is 73.4 Å². The van der Waals surface area contributed by atoms with Gasteiger partial charge in [0.05, 0.1) is 26.4 Å². The number of β-amino-alcohol motifs (C(OH)–C–C–N with tert-alkyl or cyclic N) is 1. The van der Waals surface area contributed by atoms with Crippen LogP contribution in [0, 0.1) is 13.8 Å². The Kier molecular flexibility index (Phi) is 10.0. The first kappa shape index (κ1) is 29.4. The van der Waals surface area contributed by atoms with Crippen LogP contribution < -0.4 is 14.2 Å². The quantitative estimate of drug-likeness (QED) is 0.366. The Hall–Kier alpha value is -3.60. The summed E-state index contributed by atoms with van der Waals surface area (Å²) in [6.07, 6.45) is 3.79. The molecule has 0 aliphatic carbocycles. The molecule has 216 valence electrons. The second-order valence-corrected chi connectivity index (χ2v) is 10.4. The molecule has 2 heterocycles. The van der Waals surface area contributed by atoms with E-state index < -0.39 is 5.60 Å². The van der Waals surface area contributed by atoms with Crippen LogP contribution in [0.3, 0.4) is 0 Å². The van der Waals surface area contributed by atoms with E-state index in [4.69, 9.17) is 18.9 Å². The Labute approximate surface area is 236 Å². The van der Waals surface area contributed by atoms with Crippen LogP contribution in [-0.2, 0) is 22.6 Å². The lowest BCUT2D eigenvalue weighted by Gasteiger charge is -2.33. The molecule has 1 fully saturated rings. The van der Waals surface area contributed by atoms with Gasteiger partial charge >= 0.3 is 0 Å². The molecule has 1 atom stereocenters. The number of methoxy groups -OCH3 is 2. The van der Waals surface area contributed by atoms with Crippen LogP contribution >= 0.6 is 0 Å². The molecule has 4 rings (SSSR count). The number of aliphatic hydroxyl groups is 1. The predicted octanol–water partition coefficient (Wildman–Crippen LogP) is 2.69. The Morgan fingerprint density at radius 2 is 1.80 bits per heavy atom. The van der Waals surface area contributed by atoms with Crippen molar-refractivity contribution in [3.8, 4) is 17.2 Å². The molecule has 0 radical (unpaired) electrons. The summed E-state index contributed by atoms with van der Waals surface area (Å²) in [5.41, 5.74) is 1.95. The highest BCUT2D eigenvalue weighted by molar-refractivity contribution is 5.77. The van der Waals surface area contributed by atoms with Gasteiger partial charge in [0, 0.05) is 39.5 Å². The van der Waals surface area contributed by atoms with E-state index >= 15 is 0 Å². The van der Waals surface area contributed by atoms with Crippen molar-refractivity contribution in [2.45, 2.75) is 32.5 Å². The lowest BCUT2D eigenvalue weighted by Crippen LogP contribution is -2.52. The normalized spacial score (nSPS) is 17.9. The van der Waals surface area contributed by atoms with Crippen LogP contribution in [0.25, 0.3) is 0 Å². The van der Waals surface area contributed by atoms with Gasteiger partial charge in [0.2, 0.25) is 5.91 Å². The summed E-state index contributed by atoms with van der Waals surface area (Å²) in [6, 6.07) is 13.5. The molecule has 1 aliphatic rings. The molecule has 1 aromatic heterocycles. The predicted molar refractivity (Wildman–Crippen MR) is 151 cm³/mol. The Morgan fingerprint density at radius 3 is 2.50 bits per heavy atom. The number of benzene rings is 2. The van der Waals surface area contributed by atoms with Crippen LogP contribution in [0.5, 0.6) is 17.2 Å². The van der Waals surface area contributed by atoms with Gasteiger partial charge in [-0.3, -0.25) is 14.4 Å². The molecule has 10 heteroatoms. The average Bonchev–Trinajstić information content (AvgIpc) is 3.27. The van der Waals surface area contributed by atoms with Gasteiger partial charge in [-0.15, -0.1) is 0 Å². The van der Waals surface area contributed by atoms with Crippen LogP contribution in [0.2, 0.25) is 0 Å². The van der Waals surface area contributed by atoms with E-state index in [-0.39, 0.29) is 25.7 Å². The van der Waals surface area contributed by atoms with Crippen LogP contribution in [0.15, 0.2) is 54.9 Å². The fourth-order valence-electron chi connectivity index (χ4n) is 4.78. The van der Waals surface area contributed by atoms with Crippen LogP contribution in [0.1, 0.15) is 16.7 Å². The average molecular weight is 553 g/mol. The third-order valence-electron chi connectivity index (χ3n) is 6.81. The topological polar surface area (TPSA) is 98.5 Å². The minimum absolute atomic E-state index is 0.0355. The zero-order valence-electron chi connectivity index (χ0n) is 23.8. The van der Waals surface area contributed by atoms with Crippen LogP contribution in [-0.4, -0.2) is 96.4 Å². The smallest absolute Gasteiger partial charge is 0.248 e. The maximum Gasteiger partial charge on any atom is 0.248 e. The maximum atomic E-state index is 12.7. The van der Waals surface area contributed by atoms with Gasteiger partial charge in [-0.1, -0.05) is 23.8 Å². The van der Waals surface area contributed by atoms with E-state index in [0.29, 0.717) is 56.6 Å². The molecule has 0 saturated carbocycles. The van der Waals surface area contributed by atoms with E-state index in [1.165, 1.54) is 7.11 Å². The van der Waals surface area contributed by atoms with Crippen molar-refractivity contribution in [2.75, 3.05) is 60.2 Å². The number of carbonyl (C=O) groups excluding carboxylic acids is 1. The molecule has 10 nitrogen and oxygen atoms in total. The molecule has 3 aromatic rings. The summed E-state index contributed by atoms with van der Waals surface area (Å²) in [7, 11) is 3.11. The number of hydrogen-bond acceptors (Lipinski definition) is 8. The van der Waals surface area contributed by atoms with Crippen molar-refractivity contribution in [1.82, 2.24) is 19.6 Å². The maximum absolute atomic E-state index is 12.7. The molecule has 0 spiro atoms. The van der Waals surface area contributed by atoms with E-state index in [1.54, 1.807) is 12.0 Å². The molecule has 0 bridgehead atoms. The van der Waals surface area contributed by atoms with Crippen LogP contribution in [0.4, 0.5) is 0 Å². The first-order valence-corrected chi connectivity index (χ1v) is 13.5. The van der Waals surface area contributed by atoms with E-state index in [2.05, 4.69) is 10.00 Å². The number of carbonyl (C=O) groups is 1. The molecule has 1 N–H and O–H groups in total. The highest BCUT2D eigenvalue weighted by Gasteiger charge is 2.37. The third kappa shape index (κ3) is 8.20. The fourth-order valence-corrected chi connectivity index (χ4v) is 4.78. The van der Waals surface area contributed by atoms with Gasteiger partial charge in [-0.2, -0.15) is 5.10 Å². The molecule has 2 aromatic carbocycles. The zero-order chi connectivity index (χ0) is 28.5. The van der Waals surface area contributed by atoms with E-state index in [0.717, 1.165) is 16.7 Å². The number of hydrogen-bond donors (Lipinski definition) is 1. The first-order valence-electron chi connectivity index (χ1n) is 13.5. The number of amides is 1.